The second-order valence-electron chi connectivity index (χ2n) is 4.79. The zero-order valence-electron chi connectivity index (χ0n) is 12.5. The number of benzene rings is 2. The molecule has 0 bridgehead atoms. The number of aryl methyl sites for hydroxylation is 1. The number of aliphatic carboxylic acids is 1. The van der Waals surface area contributed by atoms with E-state index < -0.39 is 12.6 Å². The van der Waals surface area contributed by atoms with Crippen LogP contribution in [0.2, 0.25) is 0 Å². The summed E-state index contributed by atoms with van der Waals surface area (Å²) in [4.78, 5) is 22.5. The molecule has 0 aliphatic carbocycles. The molecule has 0 saturated carbocycles. The van der Waals surface area contributed by atoms with Crippen molar-refractivity contribution in [2.24, 2.45) is 5.10 Å². The number of nitrogens with zero attached hydrogens (tertiary/aromatic N) is 1. The van der Waals surface area contributed by atoms with Crippen LogP contribution in [-0.2, 0) is 4.79 Å². The highest BCUT2D eigenvalue weighted by Crippen LogP contribution is 2.15. The Hall–Kier alpha value is -3.15. The normalized spacial score (nSPS) is 10.5. The van der Waals surface area contributed by atoms with Crippen LogP contribution in [0.25, 0.3) is 0 Å². The Kier molecular flexibility index (Phi) is 5.46. The third-order valence-electron chi connectivity index (χ3n) is 2.92. The maximum absolute atomic E-state index is 12.0. The fraction of sp³-hybridized carbons (Fsp3) is 0.118. The third-order valence-corrected chi connectivity index (χ3v) is 2.92. The minimum absolute atomic E-state index is 0.325. The number of ether oxygens (including phenoxy) is 1. The van der Waals surface area contributed by atoms with Crippen molar-refractivity contribution in [3.8, 4) is 5.75 Å². The average molecular weight is 312 g/mol. The molecule has 2 rings (SSSR count). The molecule has 6 nitrogen and oxygen atoms in total. The molecule has 1 amide bonds. The van der Waals surface area contributed by atoms with Crippen LogP contribution in [0.5, 0.6) is 5.75 Å². The lowest BCUT2D eigenvalue weighted by atomic mass is 10.1. The van der Waals surface area contributed by atoms with E-state index in [9.17, 15) is 9.59 Å². The van der Waals surface area contributed by atoms with Crippen molar-refractivity contribution in [1.82, 2.24) is 5.43 Å². The van der Waals surface area contributed by atoms with Crippen LogP contribution in [-0.4, -0.2) is 29.8 Å². The van der Waals surface area contributed by atoms with Gasteiger partial charge in [-0.05, 0) is 31.2 Å². The minimum Gasteiger partial charge on any atom is -0.481 e. The Labute approximate surface area is 133 Å². The largest absolute Gasteiger partial charge is 0.481 e. The Balaban J connectivity index is 2.03. The summed E-state index contributed by atoms with van der Waals surface area (Å²) in [5.74, 6) is -1.01. The molecular weight excluding hydrogens is 296 g/mol. The van der Waals surface area contributed by atoms with Gasteiger partial charge in [0.1, 0.15) is 5.75 Å². The average Bonchev–Trinajstić information content (AvgIpc) is 2.53. The van der Waals surface area contributed by atoms with Gasteiger partial charge in [0.15, 0.2) is 6.61 Å². The van der Waals surface area contributed by atoms with Gasteiger partial charge in [0.2, 0.25) is 0 Å². The van der Waals surface area contributed by atoms with Crippen molar-refractivity contribution in [1.29, 1.82) is 0 Å². The van der Waals surface area contributed by atoms with Gasteiger partial charge in [0.05, 0.1) is 6.21 Å². The quantitative estimate of drug-likeness (QED) is 0.632. The smallest absolute Gasteiger partial charge is 0.341 e. The summed E-state index contributed by atoms with van der Waals surface area (Å²) in [6, 6.07) is 14.0. The minimum atomic E-state index is -1.07. The standard InChI is InChI=1S/C17H16N2O4/c1-12-5-4-7-13(9-12)17(22)19-18-10-14-6-2-3-8-15(14)23-11-16(20)21/h2-10H,11H2,1H3,(H,19,22)(H,20,21). The highest BCUT2D eigenvalue weighted by Gasteiger charge is 2.05. The number of amides is 1. The molecule has 118 valence electrons. The van der Waals surface area contributed by atoms with Gasteiger partial charge in [-0.3, -0.25) is 4.79 Å². The van der Waals surface area contributed by atoms with Crippen molar-refractivity contribution in [2.75, 3.05) is 6.61 Å². The molecule has 0 aliphatic rings. The number of hydrazone groups is 1. The van der Waals surface area contributed by atoms with E-state index in [1.54, 1.807) is 42.5 Å². The lowest BCUT2D eigenvalue weighted by Crippen LogP contribution is -2.17. The molecule has 0 aliphatic heterocycles. The van der Waals surface area contributed by atoms with E-state index >= 15 is 0 Å². The van der Waals surface area contributed by atoms with Gasteiger partial charge in [0, 0.05) is 11.1 Å². The van der Waals surface area contributed by atoms with Crippen molar-refractivity contribution in [2.45, 2.75) is 6.92 Å². The van der Waals surface area contributed by atoms with Crippen LogP contribution in [0.4, 0.5) is 0 Å². The first kappa shape index (κ1) is 16.2. The van der Waals surface area contributed by atoms with Gasteiger partial charge in [-0.15, -0.1) is 0 Å². The number of rotatable bonds is 6. The van der Waals surface area contributed by atoms with Crippen LogP contribution in [0.1, 0.15) is 21.5 Å². The fourth-order valence-corrected chi connectivity index (χ4v) is 1.87. The molecule has 0 aromatic heterocycles. The monoisotopic (exact) mass is 312 g/mol. The Morgan fingerprint density at radius 2 is 2.00 bits per heavy atom. The molecule has 6 heteroatoms. The summed E-state index contributed by atoms with van der Waals surface area (Å²) in [5.41, 5.74) is 4.49. The number of carbonyl (C=O) groups excluding carboxylic acids is 1. The van der Waals surface area contributed by atoms with Gasteiger partial charge in [0.25, 0.3) is 5.91 Å². The predicted molar refractivity (Wildman–Crippen MR) is 85.8 cm³/mol. The summed E-state index contributed by atoms with van der Waals surface area (Å²) in [6.07, 6.45) is 1.41. The molecule has 0 saturated heterocycles. The number of carboxylic acids is 1. The fourth-order valence-electron chi connectivity index (χ4n) is 1.87. The molecule has 0 atom stereocenters. The first-order valence-electron chi connectivity index (χ1n) is 6.90. The Morgan fingerprint density at radius 1 is 1.22 bits per heavy atom. The SMILES string of the molecule is Cc1cccc(C(=O)NN=Cc2ccccc2OCC(=O)O)c1. The number of hydrogen-bond donors (Lipinski definition) is 2. The summed E-state index contributed by atoms with van der Waals surface area (Å²) in [5, 5.41) is 12.5. The number of carbonyl (C=O) groups is 2. The van der Waals surface area contributed by atoms with Crippen molar-refractivity contribution in [3.63, 3.8) is 0 Å². The molecular formula is C17H16N2O4. The van der Waals surface area contributed by atoms with Crippen molar-refractivity contribution < 1.29 is 19.4 Å². The Morgan fingerprint density at radius 3 is 2.74 bits per heavy atom. The molecule has 0 spiro atoms. The zero-order valence-corrected chi connectivity index (χ0v) is 12.5. The van der Waals surface area contributed by atoms with Gasteiger partial charge in [-0.25, -0.2) is 10.2 Å². The molecule has 0 unspecified atom stereocenters. The van der Waals surface area contributed by atoms with Crippen LogP contribution < -0.4 is 10.2 Å². The number of hydrogen-bond acceptors (Lipinski definition) is 4. The number of carboxylic acid groups (broad SMARTS) is 1. The number of nitrogens with one attached hydrogen (secondary N) is 1. The summed E-state index contributed by atoms with van der Waals surface area (Å²) < 4.78 is 5.15. The Bertz CT molecular complexity index is 741. The molecule has 23 heavy (non-hydrogen) atoms. The second kappa shape index (κ2) is 7.74. The van der Waals surface area contributed by atoms with E-state index in [0.717, 1.165) is 5.56 Å². The first-order valence-corrected chi connectivity index (χ1v) is 6.90. The third kappa shape index (κ3) is 4.96. The first-order chi connectivity index (χ1) is 11.1. The highest BCUT2D eigenvalue weighted by atomic mass is 16.5. The van der Waals surface area contributed by atoms with Gasteiger partial charge < -0.3 is 9.84 Å². The maximum atomic E-state index is 12.0. The van der Waals surface area contributed by atoms with Crippen molar-refractivity contribution >= 4 is 18.1 Å². The van der Waals surface area contributed by atoms with E-state index in [-0.39, 0.29) is 5.91 Å². The molecule has 2 aromatic rings. The summed E-state index contributed by atoms with van der Waals surface area (Å²) >= 11 is 0. The highest BCUT2D eigenvalue weighted by molar-refractivity contribution is 5.95. The van der Waals surface area contributed by atoms with Crippen LogP contribution >= 0.6 is 0 Å². The lowest BCUT2D eigenvalue weighted by molar-refractivity contribution is -0.139. The summed E-state index contributed by atoms with van der Waals surface area (Å²) in [6.45, 7) is 1.45. The predicted octanol–water partition coefficient (Wildman–Crippen LogP) is 2.22. The van der Waals surface area contributed by atoms with Crippen LogP contribution in [0.3, 0.4) is 0 Å². The van der Waals surface area contributed by atoms with E-state index in [1.165, 1.54) is 6.21 Å². The van der Waals surface area contributed by atoms with Gasteiger partial charge in [-0.1, -0.05) is 29.8 Å². The van der Waals surface area contributed by atoms with Crippen LogP contribution in [0.15, 0.2) is 53.6 Å². The van der Waals surface area contributed by atoms with E-state index in [1.807, 2.05) is 13.0 Å². The van der Waals surface area contributed by atoms with Gasteiger partial charge in [-0.2, -0.15) is 5.10 Å². The molecule has 0 radical (unpaired) electrons. The zero-order chi connectivity index (χ0) is 16.7. The summed E-state index contributed by atoms with van der Waals surface area (Å²) in [7, 11) is 0. The van der Waals surface area contributed by atoms with E-state index in [2.05, 4.69) is 10.5 Å². The molecule has 0 fully saturated rings. The maximum Gasteiger partial charge on any atom is 0.341 e. The van der Waals surface area contributed by atoms with Crippen LogP contribution in [0, 0.1) is 6.92 Å². The topological polar surface area (TPSA) is 88.0 Å². The van der Waals surface area contributed by atoms with Crippen molar-refractivity contribution in [3.05, 3.63) is 65.2 Å². The molecule has 2 aromatic carbocycles. The van der Waals surface area contributed by atoms with Gasteiger partial charge >= 0.3 is 5.97 Å². The molecule has 2 N–H and O–H groups in total. The van der Waals surface area contributed by atoms with E-state index in [0.29, 0.717) is 16.9 Å². The second-order valence-corrected chi connectivity index (χ2v) is 4.79. The molecule has 0 heterocycles. The number of para-hydroxylation sites is 1. The lowest BCUT2D eigenvalue weighted by Gasteiger charge is -2.06. The van der Waals surface area contributed by atoms with E-state index in [4.69, 9.17) is 9.84 Å².